The summed E-state index contributed by atoms with van der Waals surface area (Å²) < 4.78 is 26.5. The van der Waals surface area contributed by atoms with E-state index in [9.17, 15) is 18.8 Å². The zero-order valence-electron chi connectivity index (χ0n) is 17.1. The molecule has 0 bridgehead atoms. The van der Waals surface area contributed by atoms with Gasteiger partial charge in [-0.15, -0.1) is 0 Å². The van der Waals surface area contributed by atoms with Crippen molar-refractivity contribution in [1.29, 1.82) is 0 Å². The highest BCUT2D eigenvalue weighted by atomic mass is 79.9. The summed E-state index contributed by atoms with van der Waals surface area (Å²) in [5.41, 5.74) is 0.231. The Morgan fingerprint density at radius 3 is 2.84 bits per heavy atom. The van der Waals surface area contributed by atoms with Crippen molar-refractivity contribution in [1.82, 2.24) is 20.5 Å². The average molecular weight is 505 g/mol. The van der Waals surface area contributed by atoms with Gasteiger partial charge in [-0.1, -0.05) is 6.07 Å². The predicted molar refractivity (Wildman–Crippen MR) is 112 cm³/mol. The van der Waals surface area contributed by atoms with Gasteiger partial charge in [0.2, 0.25) is 0 Å². The number of methoxy groups -OCH3 is 1. The lowest BCUT2D eigenvalue weighted by Gasteiger charge is -2.34. The molecule has 4 heterocycles. The van der Waals surface area contributed by atoms with E-state index in [4.69, 9.17) is 9.47 Å². The van der Waals surface area contributed by atoms with Crippen LogP contribution in [0.15, 0.2) is 22.7 Å². The Hall–Kier alpha value is -3.21. The minimum atomic E-state index is -1.56. The molecule has 11 heteroatoms. The molecule has 2 aromatic rings. The second-order valence-electron chi connectivity index (χ2n) is 7.97. The smallest absolute Gasteiger partial charge is 0.322 e. The fourth-order valence-corrected chi connectivity index (χ4v) is 4.73. The normalized spacial score (nSPS) is 23.6. The maximum absolute atomic E-state index is 14.7. The van der Waals surface area contributed by atoms with Crippen LogP contribution >= 0.6 is 15.9 Å². The molecule has 3 aliphatic heterocycles. The van der Waals surface area contributed by atoms with Crippen LogP contribution in [0.5, 0.6) is 11.5 Å². The van der Waals surface area contributed by atoms with Gasteiger partial charge in [-0.05, 0) is 40.5 Å². The van der Waals surface area contributed by atoms with Crippen LogP contribution in [0, 0.1) is 12.7 Å². The Kier molecular flexibility index (Phi) is 4.63. The summed E-state index contributed by atoms with van der Waals surface area (Å²) in [6.07, 6.45) is -0.546. The van der Waals surface area contributed by atoms with E-state index in [1.807, 2.05) is 6.92 Å². The van der Waals surface area contributed by atoms with E-state index in [1.165, 1.54) is 18.1 Å². The molecule has 0 saturated carbocycles. The Morgan fingerprint density at radius 1 is 1.38 bits per heavy atom. The number of rotatable bonds is 4. The van der Waals surface area contributed by atoms with Crippen molar-refractivity contribution >= 4 is 33.8 Å². The summed E-state index contributed by atoms with van der Waals surface area (Å²) in [6, 6.07) is 4.14. The highest BCUT2D eigenvalue weighted by Gasteiger charge is 2.57. The van der Waals surface area contributed by atoms with Crippen LogP contribution in [0.4, 0.5) is 9.18 Å². The molecule has 1 fully saturated rings. The Morgan fingerprint density at radius 2 is 2.16 bits per heavy atom. The Labute approximate surface area is 190 Å². The van der Waals surface area contributed by atoms with Crippen molar-refractivity contribution in [2.75, 3.05) is 13.7 Å². The first-order chi connectivity index (χ1) is 15.2. The lowest BCUT2D eigenvalue weighted by molar-refractivity contribution is -0.127. The molecule has 5 rings (SSSR count). The standard InChI is InChI=1S/C21H18BrFN4O5/c1-9-11(22)5-14-12(24-9)6-15(32-14)21(19(29)25-20(30)26-21)8-27-7-10-3-4-13(31-2)17(23)16(10)18(27)28/h3-5,15H,6-8H2,1-2H3,(H2,25,26,29,30). The minimum absolute atomic E-state index is 0.0397. The van der Waals surface area contributed by atoms with Gasteiger partial charge in [0.05, 0.1) is 30.6 Å². The third-order valence-electron chi connectivity index (χ3n) is 6.07. The average Bonchev–Trinajstić information content (AvgIpc) is 3.38. The van der Waals surface area contributed by atoms with Crippen molar-refractivity contribution in [3.63, 3.8) is 0 Å². The van der Waals surface area contributed by atoms with Crippen molar-refractivity contribution in [3.05, 3.63) is 51.0 Å². The van der Waals surface area contributed by atoms with Crippen LogP contribution in [-0.2, 0) is 17.8 Å². The molecule has 4 amide bonds. The summed E-state index contributed by atoms with van der Waals surface area (Å²) in [5.74, 6) is -1.50. The van der Waals surface area contributed by atoms with Crippen LogP contribution in [0.25, 0.3) is 0 Å². The maximum Gasteiger partial charge on any atom is 0.322 e. The number of carbonyl (C=O) groups is 3. The number of halogens is 2. The van der Waals surface area contributed by atoms with Crippen LogP contribution in [0.1, 0.15) is 27.3 Å². The number of amides is 4. The lowest BCUT2D eigenvalue weighted by Crippen LogP contribution is -2.64. The Balaban J connectivity index is 1.48. The number of benzene rings is 1. The second kappa shape index (κ2) is 7.16. The van der Waals surface area contributed by atoms with Crippen LogP contribution in [0.2, 0.25) is 0 Å². The van der Waals surface area contributed by atoms with Gasteiger partial charge in [-0.3, -0.25) is 19.9 Å². The summed E-state index contributed by atoms with van der Waals surface area (Å²) in [4.78, 5) is 44.0. The number of urea groups is 1. The van der Waals surface area contributed by atoms with Gasteiger partial charge in [0.1, 0.15) is 11.9 Å². The number of ether oxygens (including phenoxy) is 2. The van der Waals surface area contributed by atoms with E-state index in [2.05, 4.69) is 31.5 Å². The lowest BCUT2D eigenvalue weighted by atomic mass is 9.89. The van der Waals surface area contributed by atoms with Crippen LogP contribution in [0.3, 0.4) is 0 Å². The second-order valence-corrected chi connectivity index (χ2v) is 8.82. The predicted octanol–water partition coefficient (Wildman–Crippen LogP) is 1.84. The highest BCUT2D eigenvalue weighted by molar-refractivity contribution is 9.10. The van der Waals surface area contributed by atoms with Gasteiger partial charge in [-0.25, -0.2) is 9.18 Å². The van der Waals surface area contributed by atoms with Gasteiger partial charge in [0, 0.05) is 17.4 Å². The van der Waals surface area contributed by atoms with Crippen molar-refractivity contribution < 1.29 is 28.2 Å². The number of aryl methyl sites for hydroxylation is 1. The van der Waals surface area contributed by atoms with E-state index in [-0.39, 0.29) is 30.8 Å². The van der Waals surface area contributed by atoms with E-state index in [0.717, 1.165) is 10.2 Å². The first-order valence-corrected chi connectivity index (χ1v) is 10.6. The van der Waals surface area contributed by atoms with E-state index in [0.29, 0.717) is 17.0 Å². The number of nitrogens with zero attached hydrogens (tertiary/aromatic N) is 2. The Bertz CT molecular complexity index is 1170. The summed E-state index contributed by atoms with van der Waals surface area (Å²) in [6.45, 7) is 1.72. The van der Waals surface area contributed by atoms with Crippen LogP contribution < -0.4 is 20.1 Å². The molecule has 2 atom stereocenters. The molecule has 166 valence electrons. The quantitative estimate of drug-likeness (QED) is 0.614. The topological polar surface area (TPSA) is 110 Å². The number of carbonyl (C=O) groups excluding carboxylic acids is 3. The fraction of sp³-hybridized carbons (Fsp3) is 0.333. The third-order valence-corrected chi connectivity index (χ3v) is 6.88. The molecule has 2 unspecified atom stereocenters. The molecule has 32 heavy (non-hydrogen) atoms. The molecule has 3 aliphatic rings. The van der Waals surface area contributed by atoms with Crippen molar-refractivity contribution in [2.45, 2.75) is 31.5 Å². The molecule has 9 nitrogen and oxygen atoms in total. The molecular weight excluding hydrogens is 487 g/mol. The first kappa shape index (κ1) is 20.7. The molecule has 0 aliphatic carbocycles. The molecule has 1 saturated heterocycles. The molecular formula is C21H18BrFN4O5. The number of hydrogen-bond donors (Lipinski definition) is 2. The highest BCUT2D eigenvalue weighted by Crippen LogP contribution is 2.38. The molecule has 0 spiro atoms. The minimum Gasteiger partial charge on any atom is -0.494 e. The van der Waals surface area contributed by atoms with Gasteiger partial charge >= 0.3 is 6.03 Å². The number of imide groups is 1. The van der Waals surface area contributed by atoms with Crippen molar-refractivity contribution in [3.8, 4) is 11.5 Å². The molecule has 0 radical (unpaired) electrons. The first-order valence-electron chi connectivity index (χ1n) is 9.84. The number of nitrogens with one attached hydrogen (secondary N) is 2. The SMILES string of the molecule is COc1ccc2c(c1F)C(=O)N(CC1(C3Cc4nc(C)c(Br)cc4O3)NC(=O)NC1=O)C2. The van der Waals surface area contributed by atoms with Crippen molar-refractivity contribution in [2.24, 2.45) is 0 Å². The van der Waals surface area contributed by atoms with Gasteiger partial charge in [0.25, 0.3) is 11.8 Å². The van der Waals surface area contributed by atoms with E-state index < -0.39 is 35.3 Å². The van der Waals surface area contributed by atoms with Gasteiger partial charge in [0.15, 0.2) is 17.1 Å². The number of fused-ring (bicyclic) bond motifs is 2. The molecule has 2 N–H and O–H groups in total. The number of aromatic nitrogens is 1. The third kappa shape index (κ3) is 2.94. The summed E-state index contributed by atoms with van der Waals surface area (Å²) >= 11 is 3.41. The molecule has 1 aromatic carbocycles. The monoisotopic (exact) mass is 504 g/mol. The fourth-order valence-electron chi connectivity index (χ4n) is 4.43. The zero-order chi connectivity index (χ0) is 22.8. The van der Waals surface area contributed by atoms with E-state index >= 15 is 0 Å². The maximum atomic E-state index is 14.7. The van der Waals surface area contributed by atoms with Crippen LogP contribution in [-0.4, -0.2) is 53.0 Å². The van der Waals surface area contributed by atoms with E-state index in [1.54, 1.807) is 12.1 Å². The van der Waals surface area contributed by atoms with Gasteiger partial charge in [-0.2, -0.15) is 0 Å². The summed E-state index contributed by atoms with van der Waals surface area (Å²) in [5, 5.41) is 4.90. The largest absolute Gasteiger partial charge is 0.494 e. The zero-order valence-corrected chi connectivity index (χ0v) is 18.7. The summed E-state index contributed by atoms with van der Waals surface area (Å²) in [7, 11) is 1.32. The number of pyridine rings is 1. The molecule has 1 aromatic heterocycles. The van der Waals surface area contributed by atoms with Gasteiger partial charge < -0.3 is 19.7 Å². The number of hydrogen-bond acceptors (Lipinski definition) is 6.